The number of carbonyl (C=O) groups excluding carboxylic acids is 1. The van der Waals surface area contributed by atoms with Crippen LogP contribution >= 0.6 is 11.3 Å². The van der Waals surface area contributed by atoms with Gasteiger partial charge >= 0.3 is 0 Å². The Kier molecular flexibility index (Phi) is 7.43. The molecular formula is C25H29N5O2S. The van der Waals surface area contributed by atoms with Crippen molar-refractivity contribution in [2.45, 2.75) is 26.8 Å². The van der Waals surface area contributed by atoms with E-state index >= 15 is 0 Å². The zero-order chi connectivity index (χ0) is 23.2. The van der Waals surface area contributed by atoms with Crippen LogP contribution in [0.4, 0.5) is 5.88 Å². The van der Waals surface area contributed by atoms with Crippen LogP contribution < -0.4 is 4.90 Å². The van der Waals surface area contributed by atoms with Crippen LogP contribution in [-0.2, 0) is 17.8 Å². The summed E-state index contributed by atoms with van der Waals surface area (Å²) in [5.74, 6) is 1.14. The van der Waals surface area contributed by atoms with Crippen molar-refractivity contribution in [2.24, 2.45) is 0 Å². The number of amides is 1. The molecule has 1 aliphatic rings. The number of hydrogen-bond acceptors (Lipinski definition) is 7. The maximum atomic E-state index is 13.2. The second kappa shape index (κ2) is 10.6. The summed E-state index contributed by atoms with van der Waals surface area (Å²) in [4.78, 5) is 26.0. The van der Waals surface area contributed by atoms with E-state index in [-0.39, 0.29) is 5.91 Å². The van der Waals surface area contributed by atoms with Gasteiger partial charge in [0.15, 0.2) is 5.89 Å². The van der Waals surface area contributed by atoms with E-state index in [2.05, 4.69) is 59.3 Å². The molecule has 172 valence electrons. The molecule has 1 saturated heterocycles. The number of nitriles is 1. The number of aromatic nitrogens is 1. The Hall–Kier alpha value is -3.15. The van der Waals surface area contributed by atoms with Gasteiger partial charge in [-0.15, -0.1) is 11.3 Å². The monoisotopic (exact) mass is 463 g/mol. The van der Waals surface area contributed by atoms with E-state index in [4.69, 9.17) is 4.42 Å². The molecule has 0 radical (unpaired) electrons. The van der Waals surface area contributed by atoms with E-state index in [0.717, 1.165) is 19.5 Å². The summed E-state index contributed by atoms with van der Waals surface area (Å²) in [6.45, 7) is 8.32. The maximum absolute atomic E-state index is 13.2. The number of hydrogen-bond donors (Lipinski definition) is 0. The highest BCUT2D eigenvalue weighted by atomic mass is 32.1. The fourth-order valence-corrected chi connectivity index (χ4v) is 5.02. The number of carbonyl (C=O) groups is 1. The average Bonchev–Trinajstić information content (AvgIpc) is 3.42. The Morgan fingerprint density at radius 3 is 2.58 bits per heavy atom. The molecule has 1 aromatic carbocycles. The molecule has 4 rings (SSSR count). The lowest BCUT2D eigenvalue weighted by molar-refractivity contribution is -0.132. The summed E-state index contributed by atoms with van der Waals surface area (Å²) in [7, 11) is 0. The first kappa shape index (κ1) is 23.0. The molecule has 1 aliphatic heterocycles. The van der Waals surface area contributed by atoms with Gasteiger partial charge in [-0.2, -0.15) is 5.26 Å². The number of piperazine rings is 1. The third-order valence-corrected chi connectivity index (χ3v) is 6.82. The predicted molar refractivity (Wildman–Crippen MR) is 129 cm³/mol. The van der Waals surface area contributed by atoms with E-state index < -0.39 is 0 Å². The van der Waals surface area contributed by atoms with Crippen LogP contribution in [0, 0.1) is 25.2 Å². The van der Waals surface area contributed by atoms with Crippen molar-refractivity contribution >= 4 is 23.1 Å². The minimum atomic E-state index is 0.144. The van der Waals surface area contributed by atoms with Crippen LogP contribution in [0.1, 0.15) is 26.9 Å². The molecule has 7 nitrogen and oxygen atoms in total. The molecule has 0 saturated carbocycles. The Bertz CT molecular complexity index is 1110. The zero-order valence-electron chi connectivity index (χ0n) is 19.2. The lowest BCUT2D eigenvalue weighted by Crippen LogP contribution is -2.51. The second-order valence-electron chi connectivity index (χ2n) is 8.32. The van der Waals surface area contributed by atoms with Gasteiger partial charge < -0.3 is 14.2 Å². The topological polar surface area (TPSA) is 76.6 Å². The number of benzene rings is 1. The van der Waals surface area contributed by atoms with Crippen molar-refractivity contribution in [3.05, 3.63) is 69.4 Å². The molecule has 3 aromatic rings. The van der Waals surface area contributed by atoms with Crippen LogP contribution in [0.15, 0.2) is 46.9 Å². The third kappa shape index (κ3) is 6.01. The van der Waals surface area contributed by atoms with E-state index in [1.54, 1.807) is 18.3 Å². The number of thiophene rings is 1. The number of anilines is 1. The number of oxazole rings is 1. The average molecular weight is 464 g/mol. The summed E-state index contributed by atoms with van der Waals surface area (Å²) < 4.78 is 5.63. The minimum absolute atomic E-state index is 0.144. The van der Waals surface area contributed by atoms with Gasteiger partial charge in [0, 0.05) is 55.9 Å². The molecule has 0 N–H and O–H groups in total. The van der Waals surface area contributed by atoms with Crippen molar-refractivity contribution < 1.29 is 9.21 Å². The van der Waals surface area contributed by atoms with Gasteiger partial charge in [0.2, 0.25) is 17.5 Å². The number of aryl methyl sites for hydroxylation is 2. The van der Waals surface area contributed by atoms with Crippen molar-refractivity contribution in [1.82, 2.24) is 14.8 Å². The summed E-state index contributed by atoms with van der Waals surface area (Å²) in [6.07, 6.45) is 0.911. The molecule has 0 unspecified atom stereocenters. The predicted octanol–water partition coefficient (Wildman–Crippen LogP) is 3.62. The molecule has 2 aromatic heterocycles. The van der Waals surface area contributed by atoms with Crippen molar-refractivity contribution in [3.8, 4) is 6.07 Å². The summed E-state index contributed by atoms with van der Waals surface area (Å²) in [5.41, 5.74) is 1.59. The fourth-order valence-electron chi connectivity index (χ4n) is 4.09. The lowest BCUT2D eigenvalue weighted by atomic mass is 10.1. The van der Waals surface area contributed by atoms with E-state index in [1.165, 1.54) is 15.3 Å². The van der Waals surface area contributed by atoms with Gasteiger partial charge in [-0.3, -0.25) is 9.69 Å². The van der Waals surface area contributed by atoms with E-state index in [9.17, 15) is 10.1 Å². The summed E-state index contributed by atoms with van der Waals surface area (Å²) in [6, 6.07) is 16.8. The first-order valence-corrected chi connectivity index (χ1v) is 12.1. The van der Waals surface area contributed by atoms with E-state index in [1.807, 2.05) is 15.9 Å². The lowest BCUT2D eigenvalue weighted by Gasteiger charge is -2.35. The van der Waals surface area contributed by atoms with Crippen LogP contribution in [0.3, 0.4) is 0 Å². The van der Waals surface area contributed by atoms with E-state index in [0.29, 0.717) is 50.2 Å². The fraction of sp³-hybridized carbons (Fsp3) is 0.400. The minimum Gasteiger partial charge on any atom is -0.424 e. The molecule has 1 fully saturated rings. The van der Waals surface area contributed by atoms with Crippen LogP contribution in [0.5, 0.6) is 0 Å². The molecule has 0 aliphatic carbocycles. The Balaban J connectivity index is 1.36. The first-order chi connectivity index (χ1) is 16.0. The van der Waals surface area contributed by atoms with Crippen LogP contribution in [0.2, 0.25) is 0 Å². The van der Waals surface area contributed by atoms with Gasteiger partial charge in [0.05, 0.1) is 6.54 Å². The molecule has 0 atom stereocenters. The molecule has 3 heterocycles. The molecule has 1 amide bonds. The molecule has 0 spiro atoms. The Morgan fingerprint density at radius 2 is 1.91 bits per heavy atom. The molecule has 33 heavy (non-hydrogen) atoms. The Labute approximate surface area is 198 Å². The highest BCUT2D eigenvalue weighted by molar-refractivity contribution is 7.11. The SMILES string of the molecule is Cc1nc(C#N)c(N2CCN(C(=O)CN(CCc3ccccc3)Cc3ccc(C)s3)CC2)o1. The molecular weight excluding hydrogens is 434 g/mol. The van der Waals surface area contributed by atoms with Crippen molar-refractivity contribution in [3.63, 3.8) is 0 Å². The van der Waals surface area contributed by atoms with Crippen LogP contribution in [0.25, 0.3) is 0 Å². The molecule has 0 bridgehead atoms. The normalized spacial score (nSPS) is 14.0. The Morgan fingerprint density at radius 1 is 1.15 bits per heavy atom. The van der Waals surface area contributed by atoms with Gasteiger partial charge in [-0.05, 0) is 31.0 Å². The highest BCUT2D eigenvalue weighted by Crippen LogP contribution is 2.23. The maximum Gasteiger partial charge on any atom is 0.236 e. The van der Waals surface area contributed by atoms with Gasteiger partial charge in [0.1, 0.15) is 6.07 Å². The van der Waals surface area contributed by atoms with Crippen molar-refractivity contribution in [1.29, 1.82) is 5.26 Å². The van der Waals surface area contributed by atoms with Crippen LogP contribution in [-0.4, -0.2) is 60.0 Å². The number of rotatable bonds is 8. The second-order valence-corrected chi connectivity index (χ2v) is 9.70. The largest absolute Gasteiger partial charge is 0.424 e. The van der Waals surface area contributed by atoms with Gasteiger partial charge in [-0.1, -0.05) is 30.3 Å². The van der Waals surface area contributed by atoms with Crippen molar-refractivity contribution in [2.75, 3.05) is 44.2 Å². The zero-order valence-corrected chi connectivity index (χ0v) is 20.0. The van der Waals surface area contributed by atoms with Gasteiger partial charge in [0.25, 0.3) is 0 Å². The highest BCUT2D eigenvalue weighted by Gasteiger charge is 2.26. The quantitative estimate of drug-likeness (QED) is 0.508. The summed E-state index contributed by atoms with van der Waals surface area (Å²) in [5, 5.41) is 9.29. The summed E-state index contributed by atoms with van der Waals surface area (Å²) >= 11 is 1.79. The standard InChI is InChI=1S/C25H29N5O2S/c1-19-8-9-22(33-19)17-28(11-10-21-6-4-3-5-7-21)18-24(31)29-12-14-30(15-13-29)25-23(16-26)27-20(2)32-25/h3-9H,10-15,17-18H2,1-2H3. The van der Waals surface area contributed by atoms with Gasteiger partial charge in [-0.25, -0.2) is 4.98 Å². The smallest absolute Gasteiger partial charge is 0.236 e. The third-order valence-electron chi connectivity index (χ3n) is 5.84. The molecule has 8 heteroatoms. The first-order valence-electron chi connectivity index (χ1n) is 11.2. The number of nitrogens with zero attached hydrogens (tertiary/aromatic N) is 5.